The van der Waals surface area contributed by atoms with Crippen LogP contribution in [0, 0.1) is 0 Å². The van der Waals surface area contributed by atoms with Gasteiger partial charge in [-0.25, -0.2) is 5.01 Å². The van der Waals surface area contributed by atoms with E-state index in [9.17, 15) is 0 Å². The summed E-state index contributed by atoms with van der Waals surface area (Å²) >= 11 is 0. The largest absolute Gasteiger partial charge is 0.306 e. The summed E-state index contributed by atoms with van der Waals surface area (Å²) in [5.41, 5.74) is 0.409. The third-order valence-corrected chi connectivity index (χ3v) is 3.35. The van der Waals surface area contributed by atoms with E-state index < -0.39 is 0 Å². The van der Waals surface area contributed by atoms with Crippen LogP contribution in [-0.4, -0.2) is 42.1 Å². The fraction of sp³-hybridized carbons (Fsp3) is 1.00. The zero-order valence-electron chi connectivity index (χ0n) is 7.21. The van der Waals surface area contributed by atoms with Gasteiger partial charge in [0.1, 0.15) is 0 Å². The van der Waals surface area contributed by atoms with Crippen molar-refractivity contribution < 1.29 is 0 Å². The van der Waals surface area contributed by atoms with Gasteiger partial charge in [0.05, 0.1) is 0 Å². The first kappa shape index (κ1) is 7.53. The Bertz CT molecular complexity index is 149. The van der Waals surface area contributed by atoms with E-state index >= 15 is 0 Å². The first-order valence-electron chi connectivity index (χ1n) is 4.44. The van der Waals surface area contributed by atoms with Gasteiger partial charge in [-0.2, -0.15) is 0 Å². The normalized spacial score (nSPS) is 32.2. The molecule has 0 aromatic rings. The second kappa shape index (κ2) is 2.44. The highest BCUT2D eigenvalue weighted by Gasteiger charge is 2.44. The molecule has 0 atom stereocenters. The van der Waals surface area contributed by atoms with Crippen LogP contribution in [0.5, 0.6) is 0 Å². The molecule has 2 saturated heterocycles. The smallest absolute Gasteiger partial charge is 0.0388 e. The summed E-state index contributed by atoms with van der Waals surface area (Å²) < 4.78 is 0. The molecular weight excluding hydrogens is 138 g/mol. The van der Waals surface area contributed by atoms with Crippen molar-refractivity contribution in [2.75, 3.05) is 26.7 Å². The van der Waals surface area contributed by atoms with E-state index in [-0.39, 0.29) is 0 Å². The van der Waals surface area contributed by atoms with Crippen LogP contribution >= 0.6 is 0 Å². The number of nitrogens with zero attached hydrogens (tertiary/aromatic N) is 2. The molecule has 3 heteroatoms. The number of piperidine rings is 1. The van der Waals surface area contributed by atoms with Crippen molar-refractivity contribution in [2.45, 2.75) is 24.8 Å². The van der Waals surface area contributed by atoms with Gasteiger partial charge in [0.2, 0.25) is 0 Å². The number of hydrazine groups is 1. The first-order chi connectivity index (χ1) is 5.23. The molecule has 2 aliphatic heterocycles. The summed E-state index contributed by atoms with van der Waals surface area (Å²) in [7, 11) is 2.19. The molecule has 2 aliphatic rings. The van der Waals surface area contributed by atoms with Gasteiger partial charge < -0.3 is 4.90 Å². The van der Waals surface area contributed by atoms with E-state index in [0.29, 0.717) is 5.54 Å². The summed E-state index contributed by atoms with van der Waals surface area (Å²) in [5.74, 6) is 5.85. The molecule has 64 valence electrons. The maximum Gasteiger partial charge on any atom is 0.0388 e. The Balaban J connectivity index is 1.96. The molecule has 0 radical (unpaired) electrons. The average Bonchev–Trinajstić information content (AvgIpc) is 2.03. The van der Waals surface area contributed by atoms with E-state index in [4.69, 9.17) is 5.84 Å². The van der Waals surface area contributed by atoms with Gasteiger partial charge in [-0.05, 0) is 39.4 Å². The highest BCUT2D eigenvalue weighted by Crippen LogP contribution is 2.36. The first-order valence-corrected chi connectivity index (χ1v) is 4.44. The quantitative estimate of drug-likeness (QED) is 0.501. The van der Waals surface area contributed by atoms with E-state index in [2.05, 4.69) is 11.9 Å². The van der Waals surface area contributed by atoms with Crippen LogP contribution < -0.4 is 5.84 Å². The predicted octanol–water partition coefficient (Wildman–Crippen LogP) is 0.0302. The Kier molecular flexibility index (Phi) is 1.67. The highest BCUT2D eigenvalue weighted by atomic mass is 15.5. The van der Waals surface area contributed by atoms with Crippen molar-refractivity contribution in [3.63, 3.8) is 0 Å². The molecule has 11 heavy (non-hydrogen) atoms. The Labute approximate surface area is 68.1 Å². The van der Waals surface area contributed by atoms with Gasteiger partial charge in [-0.1, -0.05) is 0 Å². The molecule has 0 aliphatic carbocycles. The lowest BCUT2D eigenvalue weighted by atomic mass is 9.78. The molecule has 0 saturated carbocycles. The number of nitrogens with two attached hydrogens (primary N) is 1. The van der Waals surface area contributed by atoms with E-state index in [1.165, 1.54) is 32.4 Å². The molecule has 0 unspecified atom stereocenters. The lowest BCUT2D eigenvalue weighted by Crippen LogP contribution is -2.66. The summed E-state index contributed by atoms with van der Waals surface area (Å²) in [5, 5.41) is 2.04. The van der Waals surface area contributed by atoms with Gasteiger partial charge in [0, 0.05) is 12.1 Å². The maximum atomic E-state index is 5.85. The standard InChI is InChI=1S/C8H17N3/c1-10-5-2-8(3-6-10)4-7-11(8)9/h2-7,9H2,1H3. The van der Waals surface area contributed by atoms with E-state index in [0.717, 1.165) is 6.54 Å². The third-order valence-electron chi connectivity index (χ3n) is 3.35. The fourth-order valence-corrected chi connectivity index (χ4v) is 2.13. The van der Waals surface area contributed by atoms with Gasteiger partial charge in [0.15, 0.2) is 0 Å². The monoisotopic (exact) mass is 155 g/mol. The zero-order chi connectivity index (χ0) is 7.90. The van der Waals surface area contributed by atoms with Crippen molar-refractivity contribution in [3.8, 4) is 0 Å². The summed E-state index contributed by atoms with van der Waals surface area (Å²) in [6.45, 7) is 3.53. The molecule has 0 bridgehead atoms. The highest BCUT2D eigenvalue weighted by molar-refractivity contribution is 4.99. The topological polar surface area (TPSA) is 32.5 Å². The van der Waals surface area contributed by atoms with Crippen LogP contribution in [0.15, 0.2) is 0 Å². The SMILES string of the molecule is CN1CCC2(CC1)CCN2N. The van der Waals surface area contributed by atoms with Crippen LogP contribution in [0.2, 0.25) is 0 Å². The van der Waals surface area contributed by atoms with E-state index in [1.54, 1.807) is 0 Å². The van der Waals surface area contributed by atoms with Gasteiger partial charge in [-0.3, -0.25) is 5.84 Å². The van der Waals surface area contributed by atoms with Gasteiger partial charge >= 0.3 is 0 Å². The lowest BCUT2D eigenvalue weighted by molar-refractivity contribution is -0.0561. The minimum atomic E-state index is 0.409. The number of hydrogen-bond donors (Lipinski definition) is 1. The van der Waals surface area contributed by atoms with Crippen molar-refractivity contribution in [3.05, 3.63) is 0 Å². The van der Waals surface area contributed by atoms with Crippen LogP contribution in [0.25, 0.3) is 0 Å². The van der Waals surface area contributed by atoms with Crippen LogP contribution in [0.1, 0.15) is 19.3 Å². The molecule has 0 aromatic heterocycles. The predicted molar refractivity (Wildman–Crippen MR) is 45.0 cm³/mol. The van der Waals surface area contributed by atoms with E-state index in [1.807, 2.05) is 5.01 Å². The molecule has 2 N–H and O–H groups in total. The van der Waals surface area contributed by atoms with Crippen LogP contribution in [0.3, 0.4) is 0 Å². The van der Waals surface area contributed by atoms with Crippen LogP contribution in [-0.2, 0) is 0 Å². The van der Waals surface area contributed by atoms with Crippen molar-refractivity contribution in [1.29, 1.82) is 0 Å². The Morgan fingerprint density at radius 3 is 2.00 bits per heavy atom. The number of likely N-dealkylation sites (tertiary alicyclic amines) is 1. The minimum absolute atomic E-state index is 0.409. The maximum absolute atomic E-state index is 5.85. The molecule has 1 spiro atoms. The second-order valence-electron chi connectivity index (χ2n) is 3.97. The fourth-order valence-electron chi connectivity index (χ4n) is 2.13. The Hall–Kier alpha value is -0.120. The second-order valence-corrected chi connectivity index (χ2v) is 3.97. The van der Waals surface area contributed by atoms with Crippen LogP contribution in [0.4, 0.5) is 0 Å². The summed E-state index contributed by atoms with van der Waals surface area (Å²) in [4.78, 5) is 2.39. The molecular formula is C8H17N3. The third kappa shape index (κ3) is 1.08. The Morgan fingerprint density at radius 1 is 1.09 bits per heavy atom. The number of hydrogen-bond acceptors (Lipinski definition) is 3. The molecule has 3 nitrogen and oxygen atoms in total. The van der Waals surface area contributed by atoms with Gasteiger partial charge in [0.25, 0.3) is 0 Å². The molecule has 2 rings (SSSR count). The average molecular weight is 155 g/mol. The van der Waals surface area contributed by atoms with Crippen molar-refractivity contribution in [1.82, 2.24) is 9.91 Å². The van der Waals surface area contributed by atoms with Crippen molar-refractivity contribution in [2.24, 2.45) is 5.84 Å². The Morgan fingerprint density at radius 2 is 1.64 bits per heavy atom. The molecule has 2 fully saturated rings. The van der Waals surface area contributed by atoms with Crippen molar-refractivity contribution >= 4 is 0 Å². The molecule has 0 amide bonds. The zero-order valence-corrected chi connectivity index (χ0v) is 7.21. The van der Waals surface area contributed by atoms with Gasteiger partial charge in [-0.15, -0.1) is 0 Å². The molecule has 0 aromatic carbocycles. The summed E-state index contributed by atoms with van der Waals surface area (Å²) in [6.07, 6.45) is 3.84. The number of rotatable bonds is 0. The minimum Gasteiger partial charge on any atom is -0.306 e. The molecule has 2 heterocycles. The summed E-state index contributed by atoms with van der Waals surface area (Å²) in [6, 6.07) is 0. The lowest BCUT2D eigenvalue weighted by Gasteiger charge is -2.54.